The van der Waals surface area contributed by atoms with E-state index in [0.717, 1.165) is 36.1 Å². The highest BCUT2D eigenvalue weighted by molar-refractivity contribution is 7.89. The summed E-state index contributed by atoms with van der Waals surface area (Å²) in [5.74, 6) is 0.983. The number of carbonyl (C=O) groups is 2. The molecule has 256 valence electrons. The molecule has 1 saturated heterocycles. The number of alkyl halides is 1. The zero-order chi connectivity index (χ0) is 34.6. The number of aryl methyl sites for hydroxylation is 1. The van der Waals surface area contributed by atoms with Gasteiger partial charge in [0.05, 0.1) is 41.9 Å². The Morgan fingerprint density at radius 2 is 1.82 bits per heavy atom. The van der Waals surface area contributed by atoms with Crippen LogP contribution in [0.1, 0.15) is 35.3 Å². The highest BCUT2D eigenvalue weighted by Crippen LogP contribution is 2.38. The van der Waals surface area contributed by atoms with Crippen molar-refractivity contribution < 1.29 is 27.1 Å². The summed E-state index contributed by atoms with van der Waals surface area (Å²) in [6.07, 6.45) is 1.27. The van der Waals surface area contributed by atoms with E-state index in [1.807, 2.05) is 29.8 Å². The first-order chi connectivity index (χ1) is 23.4. The Morgan fingerprint density at radius 1 is 1.06 bits per heavy atom. The molecule has 3 aromatic heterocycles. The second-order valence-corrected chi connectivity index (χ2v) is 14.5. The number of piperidine rings is 1. The number of sulfonamides is 1. The number of primary sulfonamides is 1. The molecule has 0 radical (unpaired) electrons. The highest BCUT2D eigenvalue weighted by atomic mass is 32.2. The van der Waals surface area contributed by atoms with Gasteiger partial charge in [-0.15, -0.1) is 0 Å². The second kappa shape index (κ2) is 12.5. The van der Waals surface area contributed by atoms with E-state index in [1.165, 1.54) is 36.3 Å². The summed E-state index contributed by atoms with van der Waals surface area (Å²) in [5, 5.41) is 8.83. The van der Waals surface area contributed by atoms with Gasteiger partial charge in [-0.3, -0.25) is 9.59 Å². The fourth-order valence-corrected chi connectivity index (χ4v) is 7.05. The SMILES string of the molecule is COc1cc(C(=O)N2C[C@H](N)C[C@@H](F)C2)cc2nc(-c3cc4ccc(CC(=O)Nc5ccc(S(N)(=O)=O)cc5)nc4n3CC3CC3)n(C)c12. The minimum atomic E-state index is -3.84. The molecular formula is C34H37FN8O5S. The van der Waals surface area contributed by atoms with Crippen LogP contribution in [0.5, 0.6) is 5.75 Å². The standard InChI is InChI=1S/C34H37FN8O5S/c1-41-31-27(11-21(13-29(31)48-2)34(45)42-17-22(35)14-23(36)18-42)40-33(41)28-12-20-5-6-25(39-32(20)43(28)16-19-3-4-19)15-30(44)38-24-7-9-26(10-8-24)49(37,46)47/h5-13,19,22-23H,3-4,14-18,36H2,1-2H3,(H,38,44)(H2,37,46,47)/t22-,23-/m1/s1. The van der Waals surface area contributed by atoms with Crippen molar-refractivity contribution in [3.8, 4) is 17.3 Å². The molecule has 1 aliphatic carbocycles. The van der Waals surface area contributed by atoms with Crippen LogP contribution < -0.4 is 20.9 Å². The van der Waals surface area contributed by atoms with Crippen molar-refractivity contribution in [2.45, 2.75) is 49.3 Å². The van der Waals surface area contributed by atoms with Crippen molar-refractivity contribution in [1.29, 1.82) is 0 Å². The van der Waals surface area contributed by atoms with Crippen molar-refractivity contribution in [3.05, 3.63) is 65.9 Å². The monoisotopic (exact) mass is 688 g/mol. The van der Waals surface area contributed by atoms with Crippen LogP contribution in [0.15, 0.2) is 59.5 Å². The van der Waals surface area contributed by atoms with Gasteiger partial charge in [-0.25, -0.2) is 27.9 Å². The van der Waals surface area contributed by atoms with Crippen LogP contribution in [0.2, 0.25) is 0 Å². The van der Waals surface area contributed by atoms with Crippen LogP contribution in [-0.2, 0) is 34.8 Å². The summed E-state index contributed by atoms with van der Waals surface area (Å²) in [6, 6.07) is 14.3. The molecule has 2 amide bonds. The zero-order valence-electron chi connectivity index (χ0n) is 27.1. The van der Waals surface area contributed by atoms with Crippen molar-refractivity contribution >= 4 is 49.6 Å². The number of nitrogens with zero attached hydrogens (tertiary/aromatic N) is 5. The average molecular weight is 689 g/mol. The molecule has 2 atom stereocenters. The summed E-state index contributed by atoms with van der Waals surface area (Å²) in [7, 11) is -0.409. The third kappa shape index (κ3) is 6.60. The van der Waals surface area contributed by atoms with E-state index < -0.39 is 22.2 Å². The lowest BCUT2D eigenvalue weighted by Gasteiger charge is -2.33. The van der Waals surface area contributed by atoms with E-state index in [0.29, 0.717) is 45.5 Å². The first-order valence-corrected chi connectivity index (χ1v) is 17.6. The maximum absolute atomic E-state index is 14.3. The third-order valence-corrected chi connectivity index (χ3v) is 10.0. The lowest BCUT2D eigenvalue weighted by Crippen LogP contribution is -2.50. The number of nitrogens with one attached hydrogen (secondary N) is 1. The predicted molar refractivity (Wildman–Crippen MR) is 182 cm³/mol. The molecule has 15 heteroatoms. The Bertz CT molecular complexity index is 2200. The average Bonchev–Trinajstić information content (AvgIpc) is 3.73. The van der Waals surface area contributed by atoms with E-state index in [4.69, 9.17) is 25.6 Å². The first kappa shape index (κ1) is 32.7. The van der Waals surface area contributed by atoms with Gasteiger partial charge in [0.1, 0.15) is 23.1 Å². The van der Waals surface area contributed by atoms with Crippen LogP contribution in [-0.4, -0.2) is 76.6 Å². The summed E-state index contributed by atoms with van der Waals surface area (Å²) in [4.78, 5) is 37.7. The molecule has 2 aliphatic rings. The number of nitrogens with two attached hydrogens (primary N) is 2. The fourth-order valence-electron chi connectivity index (χ4n) is 6.53. The Kier molecular flexibility index (Phi) is 8.37. The number of hydrogen-bond donors (Lipinski definition) is 3. The van der Waals surface area contributed by atoms with E-state index >= 15 is 0 Å². The van der Waals surface area contributed by atoms with Crippen molar-refractivity contribution in [2.24, 2.45) is 23.8 Å². The summed E-state index contributed by atoms with van der Waals surface area (Å²) >= 11 is 0. The number of amides is 2. The number of rotatable bonds is 9. The van der Waals surface area contributed by atoms with Crippen LogP contribution in [0.25, 0.3) is 33.6 Å². The minimum Gasteiger partial charge on any atom is -0.494 e. The number of anilines is 1. The second-order valence-electron chi connectivity index (χ2n) is 12.9. The quantitative estimate of drug-likeness (QED) is 0.211. The number of methoxy groups -OCH3 is 1. The van der Waals surface area contributed by atoms with Crippen LogP contribution >= 0.6 is 0 Å². The number of imidazole rings is 1. The van der Waals surface area contributed by atoms with Gasteiger partial charge in [0, 0.05) is 42.8 Å². The maximum atomic E-state index is 14.3. The third-order valence-electron chi connectivity index (χ3n) is 9.10. The molecule has 2 fully saturated rings. The van der Waals surface area contributed by atoms with E-state index in [9.17, 15) is 22.4 Å². The number of aromatic nitrogens is 4. The van der Waals surface area contributed by atoms with Crippen molar-refractivity contribution in [2.75, 3.05) is 25.5 Å². The summed E-state index contributed by atoms with van der Waals surface area (Å²) in [5.41, 5.74) is 10.2. The van der Waals surface area contributed by atoms with Gasteiger partial charge in [0.15, 0.2) is 5.82 Å². The molecule has 7 rings (SSSR count). The lowest BCUT2D eigenvalue weighted by atomic mass is 10.0. The molecule has 13 nitrogen and oxygen atoms in total. The largest absolute Gasteiger partial charge is 0.494 e. The van der Waals surface area contributed by atoms with Crippen LogP contribution in [0, 0.1) is 5.92 Å². The molecule has 4 heterocycles. The highest BCUT2D eigenvalue weighted by Gasteiger charge is 2.31. The molecule has 2 aromatic carbocycles. The first-order valence-electron chi connectivity index (χ1n) is 16.0. The maximum Gasteiger partial charge on any atom is 0.254 e. The molecule has 1 saturated carbocycles. The molecule has 0 unspecified atom stereocenters. The molecular weight excluding hydrogens is 651 g/mol. The van der Waals surface area contributed by atoms with E-state index in [2.05, 4.69) is 9.88 Å². The molecule has 49 heavy (non-hydrogen) atoms. The number of pyridine rings is 1. The van der Waals surface area contributed by atoms with Gasteiger partial charge in [-0.05, 0) is 79.8 Å². The number of carbonyl (C=O) groups excluding carboxylic acids is 2. The van der Waals surface area contributed by atoms with Crippen molar-refractivity contribution in [3.63, 3.8) is 0 Å². The minimum absolute atomic E-state index is 0.00217. The number of fused-ring (bicyclic) bond motifs is 2. The number of ether oxygens (including phenoxy) is 1. The number of halogens is 1. The molecule has 5 aromatic rings. The Hall–Kier alpha value is -4.86. The Balaban J connectivity index is 1.21. The van der Waals surface area contributed by atoms with Gasteiger partial charge >= 0.3 is 0 Å². The summed E-state index contributed by atoms with van der Waals surface area (Å²) in [6.45, 7) is 0.994. The fraction of sp³-hybridized carbons (Fsp3) is 0.353. The van der Waals surface area contributed by atoms with Crippen molar-refractivity contribution in [1.82, 2.24) is 24.0 Å². The van der Waals surface area contributed by atoms with E-state index in [1.54, 1.807) is 12.1 Å². The molecule has 0 bridgehead atoms. The van der Waals surface area contributed by atoms with Gasteiger partial charge in [-0.2, -0.15) is 0 Å². The number of benzene rings is 2. The number of hydrogen-bond acceptors (Lipinski definition) is 8. The molecule has 1 aliphatic heterocycles. The van der Waals surface area contributed by atoms with Gasteiger partial charge in [0.25, 0.3) is 5.91 Å². The van der Waals surface area contributed by atoms with E-state index in [-0.39, 0.29) is 42.6 Å². The van der Waals surface area contributed by atoms with Crippen LogP contribution in [0.3, 0.4) is 0 Å². The number of likely N-dealkylation sites (tertiary alicyclic amines) is 1. The van der Waals surface area contributed by atoms with Gasteiger partial charge in [-0.1, -0.05) is 0 Å². The van der Waals surface area contributed by atoms with Gasteiger partial charge < -0.3 is 29.8 Å². The topological polar surface area (TPSA) is 180 Å². The molecule has 5 N–H and O–H groups in total. The van der Waals surface area contributed by atoms with Gasteiger partial charge in [0.2, 0.25) is 15.9 Å². The Labute approximate surface area is 282 Å². The zero-order valence-corrected chi connectivity index (χ0v) is 27.9. The lowest BCUT2D eigenvalue weighted by molar-refractivity contribution is -0.115. The Morgan fingerprint density at radius 3 is 2.49 bits per heavy atom. The smallest absolute Gasteiger partial charge is 0.254 e. The predicted octanol–water partition coefficient (Wildman–Crippen LogP) is 3.35. The van der Waals surface area contributed by atoms with Crippen LogP contribution in [0.4, 0.5) is 10.1 Å². The molecule has 0 spiro atoms. The summed E-state index contributed by atoms with van der Waals surface area (Å²) < 4.78 is 47.2. The normalized spacial score (nSPS) is 18.3.